The van der Waals surface area contributed by atoms with Gasteiger partial charge in [-0.1, -0.05) is 71.7 Å². The molecule has 1 N–H and O–H groups in total. The van der Waals surface area contributed by atoms with Crippen molar-refractivity contribution in [1.29, 1.82) is 0 Å². The molecule has 1 aromatic carbocycles. The van der Waals surface area contributed by atoms with Gasteiger partial charge in [0.1, 0.15) is 0 Å². The molecular formula is C19H33N. The second-order valence-corrected chi connectivity index (χ2v) is 6.25. The van der Waals surface area contributed by atoms with Crippen molar-refractivity contribution in [2.45, 2.75) is 72.3 Å². The number of rotatable bonds is 9. The fourth-order valence-corrected chi connectivity index (χ4v) is 2.72. The predicted molar refractivity (Wildman–Crippen MR) is 90.3 cm³/mol. The highest BCUT2D eigenvalue weighted by molar-refractivity contribution is 5.27. The maximum absolute atomic E-state index is 3.73. The Hall–Kier alpha value is -0.820. The zero-order valence-electron chi connectivity index (χ0n) is 14.1. The molecule has 0 saturated carbocycles. The van der Waals surface area contributed by atoms with E-state index >= 15 is 0 Å². The van der Waals surface area contributed by atoms with Gasteiger partial charge in [-0.05, 0) is 42.3 Å². The molecule has 0 saturated heterocycles. The lowest BCUT2D eigenvalue weighted by Crippen LogP contribution is -2.24. The molecule has 0 aliphatic carbocycles. The van der Waals surface area contributed by atoms with Crippen LogP contribution in [-0.4, -0.2) is 6.54 Å². The second kappa shape index (κ2) is 9.18. The van der Waals surface area contributed by atoms with E-state index in [0.29, 0.717) is 12.0 Å². The summed E-state index contributed by atoms with van der Waals surface area (Å²) in [7, 11) is 0. The van der Waals surface area contributed by atoms with Crippen LogP contribution in [0, 0.1) is 5.92 Å². The van der Waals surface area contributed by atoms with Crippen molar-refractivity contribution < 1.29 is 0 Å². The summed E-state index contributed by atoms with van der Waals surface area (Å²) < 4.78 is 0. The Morgan fingerprint density at radius 1 is 0.900 bits per heavy atom. The summed E-state index contributed by atoms with van der Waals surface area (Å²) in [5.74, 6) is 1.44. The van der Waals surface area contributed by atoms with Crippen LogP contribution < -0.4 is 5.32 Å². The van der Waals surface area contributed by atoms with E-state index in [1.54, 1.807) is 0 Å². The molecule has 1 nitrogen and oxygen atoms in total. The van der Waals surface area contributed by atoms with Gasteiger partial charge in [0.25, 0.3) is 0 Å². The van der Waals surface area contributed by atoms with Gasteiger partial charge in [-0.3, -0.25) is 0 Å². The molecule has 0 spiro atoms. The molecule has 0 amide bonds. The molecule has 114 valence electrons. The van der Waals surface area contributed by atoms with Gasteiger partial charge >= 0.3 is 0 Å². The Morgan fingerprint density at radius 3 is 1.90 bits per heavy atom. The number of hydrogen-bond acceptors (Lipinski definition) is 1. The Bertz CT molecular complexity index is 349. The Labute approximate surface area is 126 Å². The Morgan fingerprint density at radius 2 is 1.45 bits per heavy atom. The molecule has 1 unspecified atom stereocenters. The van der Waals surface area contributed by atoms with Crippen LogP contribution in [0.15, 0.2) is 24.3 Å². The lowest BCUT2D eigenvalue weighted by atomic mass is 9.90. The first kappa shape index (κ1) is 17.2. The quantitative estimate of drug-likeness (QED) is 0.611. The zero-order chi connectivity index (χ0) is 15.0. The number of nitrogens with one attached hydrogen (secondary N) is 1. The van der Waals surface area contributed by atoms with E-state index in [9.17, 15) is 0 Å². The third kappa shape index (κ3) is 5.28. The van der Waals surface area contributed by atoms with Gasteiger partial charge in [0, 0.05) is 6.04 Å². The topological polar surface area (TPSA) is 12.0 Å². The summed E-state index contributed by atoms with van der Waals surface area (Å²) in [4.78, 5) is 0. The standard InChI is InChI=1S/C19H33N/c1-6-13-20-19(14-16(7-2)8-3)18-11-9-17(10-12-18)15(4)5/h9-12,15-16,19-20H,6-8,13-14H2,1-5H3. The van der Waals surface area contributed by atoms with E-state index in [1.807, 2.05) is 0 Å². The maximum Gasteiger partial charge on any atom is 0.0322 e. The first-order chi connectivity index (χ1) is 9.62. The van der Waals surface area contributed by atoms with Gasteiger partial charge in [0.05, 0.1) is 0 Å². The van der Waals surface area contributed by atoms with Gasteiger partial charge in [0.2, 0.25) is 0 Å². The molecule has 1 rings (SSSR count). The van der Waals surface area contributed by atoms with E-state index in [0.717, 1.165) is 12.5 Å². The highest BCUT2D eigenvalue weighted by Gasteiger charge is 2.15. The van der Waals surface area contributed by atoms with Crippen molar-refractivity contribution in [1.82, 2.24) is 5.32 Å². The summed E-state index contributed by atoms with van der Waals surface area (Å²) in [6, 6.07) is 9.76. The van der Waals surface area contributed by atoms with E-state index in [-0.39, 0.29) is 0 Å². The summed E-state index contributed by atoms with van der Waals surface area (Å²) >= 11 is 0. The van der Waals surface area contributed by atoms with Crippen molar-refractivity contribution in [3.8, 4) is 0 Å². The lowest BCUT2D eigenvalue weighted by molar-refractivity contribution is 0.371. The van der Waals surface area contributed by atoms with Gasteiger partial charge in [-0.15, -0.1) is 0 Å². The second-order valence-electron chi connectivity index (χ2n) is 6.25. The van der Waals surface area contributed by atoms with Gasteiger partial charge < -0.3 is 5.32 Å². The molecule has 0 aromatic heterocycles. The van der Waals surface area contributed by atoms with Crippen molar-refractivity contribution in [3.63, 3.8) is 0 Å². The van der Waals surface area contributed by atoms with Crippen LogP contribution in [0.5, 0.6) is 0 Å². The van der Waals surface area contributed by atoms with Crippen LogP contribution >= 0.6 is 0 Å². The summed E-state index contributed by atoms with van der Waals surface area (Å²) in [5.41, 5.74) is 2.89. The van der Waals surface area contributed by atoms with Crippen LogP contribution in [0.2, 0.25) is 0 Å². The molecule has 0 fully saturated rings. The molecule has 0 aliphatic heterocycles. The fourth-order valence-electron chi connectivity index (χ4n) is 2.72. The maximum atomic E-state index is 3.73. The average molecular weight is 275 g/mol. The minimum atomic E-state index is 0.515. The van der Waals surface area contributed by atoms with Crippen LogP contribution in [0.1, 0.15) is 83.4 Å². The fraction of sp³-hybridized carbons (Fsp3) is 0.684. The van der Waals surface area contributed by atoms with E-state index in [1.165, 1.54) is 36.8 Å². The molecule has 1 aromatic rings. The monoisotopic (exact) mass is 275 g/mol. The van der Waals surface area contributed by atoms with E-state index in [2.05, 4.69) is 64.2 Å². The molecule has 1 heteroatoms. The minimum absolute atomic E-state index is 0.515. The van der Waals surface area contributed by atoms with E-state index < -0.39 is 0 Å². The van der Waals surface area contributed by atoms with Crippen molar-refractivity contribution in [2.75, 3.05) is 6.54 Å². The van der Waals surface area contributed by atoms with Gasteiger partial charge in [0.15, 0.2) is 0 Å². The van der Waals surface area contributed by atoms with Crippen molar-refractivity contribution in [2.24, 2.45) is 5.92 Å². The van der Waals surface area contributed by atoms with Crippen LogP contribution in [-0.2, 0) is 0 Å². The molecule has 20 heavy (non-hydrogen) atoms. The molecule has 1 atom stereocenters. The first-order valence-corrected chi connectivity index (χ1v) is 8.45. The molecule has 0 aliphatic rings. The van der Waals surface area contributed by atoms with E-state index in [4.69, 9.17) is 0 Å². The third-order valence-electron chi connectivity index (χ3n) is 4.37. The van der Waals surface area contributed by atoms with Crippen molar-refractivity contribution >= 4 is 0 Å². The summed E-state index contributed by atoms with van der Waals surface area (Å²) in [6.45, 7) is 12.5. The number of hydrogen-bond donors (Lipinski definition) is 1. The largest absolute Gasteiger partial charge is 0.310 e. The normalized spacial score (nSPS) is 13.2. The SMILES string of the molecule is CCCNC(CC(CC)CC)c1ccc(C(C)C)cc1. The van der Waals surface area contributed by atoms with Crippen LogP contribution in [0.25, 0.3) is 0 Å². The molecule has 0 heterocycles. The van der Waals surface area contributed by atoms with Crippen LogP contribution in [0.4, 0.5) is 0 Å². The Balaban J connectivity index is 2.80. The minimum Gasteiger partial charge on any atom is -0.310 e. The zero-order valence-corrected chi connectivity index (χ0v) is 14.1. The smallest absolute Gasteiger partial charge is 0.0322 e. The van der Waals surface area contributed by atoms with Crippen molar-refractivity contribution in [3.05, 3.63) is 35.4 Å². The first-order valence-electron chi connectivity index (χ1n) is 8.45. The highest BCUT2D eigenvalue weighted by Crippen LogP contribution is 2.26. The third-order valence-corrected chi connectivity index (χ3v) is 4.37. The summed E-state index contributed by atoms with van der Waals surface area (Å²) in [6.07, 6.45) is 5.02. The highest BCUT2D eigenvalue weighted by atomic mass is 14.9. The molecule has 0 radical (unpaired) electrons. The lowest BCUT2D eigenvalue weighted by Gasteiger charge is -2.24. The van der Waals surface area contributed by atoms with Gasteiger partial charge in [-0.2, -0.15) is 0 Å². The average Bonchev–Trinajstić information content (AvgIpc) is 2.48. The molecule has 0 bridgehead atoms. The van der Waals surface area contributed by atoms with Crippen LogP contribution in [0.3, 0.4) is 0 Å². The number of benzene rings is 1. The molecular weight excluding hydrogens is 242 g/mol. The Kier molecular flexibility index (Phi) is 7.91. The summed E-state index contributed by atoms with van der Waals surface area (Å²) in [5, 5.41) is 3.73. The van der Waals surface area contributed by atoms with Gasteiger partial charge in [-0.25, -0.2) is 0 Å². The predicted octanol–water partition coefficient (Wildman–Crippen LogP) is 5.68.